The van der Waals surface area contributed by atoms with Gasteiger partial charge in [-0.15, -0.1) is 0 Å². The predicted molar refractivity (Wildman–Crippen MR) is 78.7 cm³/mol. The third-order valence-corrected chi connectivity index (χ3v) is 4.19. The minimum Gasteiger partial charge on any atom is -0.481 e. The topological polar surface area (TPSA) is 37.3 Å². The molecule has 2 nitrogen and oxygen atoms in total. The van der Waals surface area contributed by atoms with Gasteiger partial charge in [0, 0.05) is 0 Å². The predicted octanol–water partition coefficient (Wildman–Crippen LogP) is 4.05. The van der Waals surface area contributed by atoms with Gasteiger partial charge in [-0.2, -0.15) is 0 Å². The summed E-state index contributed by atoms with van der Waals surface area (Å²) in [4.78, 5) is 11.5. The molecule has 1 saturated carbocycles. The Labute approximate surface area is 119 Å². The molecule has 0 aliphatic heterocycles. The maximum atomic E-state index is 11.5. The lowest BCUT2D eigenvalue weighted by Crippen LogP contribution is -2.12. The van der Waals surface area contributed by atoms with E-state index in [4.69, 9.17) is 0 Å². The summed E-state index contributed by atoms with van der Waals surface area (Å²) in [5.74, 6) is -0.0507. The van der Waals surface area contributed by atoms with E-state index in [1.807, 2.05) is 36.4 Å². The highest BCUT2D eigenvalue weighted by molar-refractivity contribution is 5.76. The Kier molecular flexibility index (Phi) is 3.55. The molecule has 1 fully saturated rings. The molecule has 1 aliphatic carbocycles. The zero-order valence-corrected chi connectivity index (χ0v) is 11.3. The lowest BCUT2D eigenvalue weighted by molar-refractivity contribution is -0.139. The van der Waals surface area contributed by atoms with Crippen molar-refractivity contribution in [3.8, 4) is 0 Å². The van der Waals surface area contributed by atoms with E-state index in [2.05, 4.69) is 24.3 Å². The maximum absolute atomic E-state index is 11.5. The van der Waals surface area contributed by atoms with Crippen LogP contribution in [0.1, 0.15) is 35.8 Å². The minimum absolute atomic E-state index is 0.380. The van der Waals surface area contributed by atoms with Crippen molar-refractivity contribution in [2.45, 2.75) is 24.7 Å². The number of carboxylic acids is 1. The van der Waals surface area contributed by atoms with Crippen molar-refractivity contribution in [3.05, 3.63) is 71.8 Å². The van der Waals surface area contributed by atoms with Crippen LogP contribution in [0.3, 0.4) is 0 Å². The Hall–Kier alpha value is -2.09. The second kappa shape index (κ2) is 5.49. The molecular weight excluding hydrogens is 248 g/mol. The Morgan fingerprint density at radius 3 is 2.25 bits per heavy atom. The van der Waals surface area contributed by atoms with Gasteiger partial charge in [0.25, 0.3) is 0 Å². The summed E-state index contributed by atoms with van der Waals surface area (Å²) in [6, 6.07) is 20.0. The van der Waals surface area contributed by atoms with Crippen molar-refractivity contribution < 1.29 is 9.90 Å². The van der Waals surface area contributed by atoms with Gasteiger partial charge in [0.2, 0.25) is 0 Å². The van der Waals surface area contributed by atoms with Crippen molar-refractivity contribution in [2.75, 3.05) is 0 Å². The molecule has 3 unspecified atom stereocenters. The Bertz CT molecular complexity index is 577. The third kappa shape index (κ3) is 2.74. The molecule has 0 spiro atoms. The van der Waals surface area contributed by atoms with Crippen LogP contribution in [0.25, 0.3) is 0 Å². The summed E-state index contributed by atoms with van der Waals surface area (Å²) >= 11 is 0. The van der Waals surface area contributed by atoms with Crippen molar-refractivity contribution in [2.24, 2.45) is 5.92 Å². The van der Waals surface area contributed by atoms with E-state index in [1.54, 1.807) is 0 Å². The number of carbonyl (C=O) groups is 1. The number of aliphatic carboxylic acids is 1. The summed E-state index contributed by atoms with van der Waals surface area (Å²) in [5, 5.41) is 9.46. The number of hydrogen-bond donors (Lipinski definition) is 1. The number of rotatable bonds is 5. The molecule has 0 saturated heterocycles. The molecule has 2 aromatic carbocycles. The highest BCUT2D eigenvalue weighted by atomic mass is 16.4. The zero-order valence-electron chi connectivity index (χ0n) is 11.3. The zero-order chi connectivity index (χ0) is 13.9. The molecule has 2 aromatic rings. The molecular formula is C18H18O2. The highest BCUT2D eigenvalue weighted by Gasteiger charge is 2.41. The van der Waals surface area contributed by atoms with Gasteiger partial charge >= 0.3 is 5.97 Å². The Morgan fingerprint density at radius 2 is 1.65 bits per heavy atom. The lowest BCUT2D eigenvalue weighted by Gasteiger charge is -2.12. The quantitative estimate of drug-likeness (QED) is 0.886. The van der Waals surface area contributed by atoms with Crippen LogP contribution in [0.2, 0.25) is 0 Å². The van der Waals surface area contributed by atoms with Crippen molar-refractivity contribution in [3.63, 3.8) is 0 Å². The molecule has 0 heterocycles. The molecule has 20 heavy (non-hydrogen) atoms. The van der Waals surface area contributed by atoms with Crippen LogP contribution in [-0.4, -0.2) is 11.1 Å². The van der Waals surface area contributed by atoms with Crippen LogP contribution in [0.15, 0.2) is 60.7 Å². The van der Waals surface area contributed by atoms with Crippen LogP contribution >= 0.6 is 0 Å². The van der Waals surface area contributed by atoms with Gasteiger partial charge in [-0.25, -0.2) is 0 Å². The van der Waals surface area contributed by atoms with Gasteiger partial charge in [0.05, 0.1) is 5.92 Å². The standard InChI is InChI=1S/C18H18O2/c19-18(20)17(14-9-5-2-6-10-14)12-15-11-16(15)13-7-3-1-4-8-13/h1-10,15-17H,11-12H2,(H,19,20). The van der Waals surface area contributed by atoms with Crippen molar-refractivity contribution in [1.82, 2.24) is 0 Å². The van der Waals surface area contributed by atoms with Crippen LogP contribution < -0.4 is 0 Å². The van der Waals surface area contributed by atoms with E-state index in [9.17, 15) is 9.90 Å². The van der Waals surface area contributed by atoms with E-state index in [1.165, 1.54) is 5.56 Å². The van der Waals surface area contributed by atoms with Crippen LogP contribution in [0.5, 0.6) is 0 Å². The molecule has 3 rings (SSSR count). The second-order valence-electron chi connectivity index (χ2n) is 5.55. The molecule has 0 amide bonds. The molecule has 102 valence electrons. The van der Waals surface area contributed by atoms with Gasteiger partial charge in [-0.05, 0) is 35.8 Å². The van der Waals surface area contributed by atoms with Gasteiger partial charge in [0.15, 0.2) is 0 Å². The van der Waals surface area contributed by atoms with Crippen LogP contribution in [-0.2, 0) is 4.79 Å². The fraction of sp³-hybridized carbons (Fsp3) is 0.278. The molecule has 3 atom stereocenters. The van der Waals surface area contributed by atoms with Crippen molar-refractivity contribution >= 4 is 5.97 Å². The lowest BCUT2D eigenvalue weighted by atomic mass is 9.92. The van der Waals surface area contributed by atoms with Crippen LogP contribution in [0, 0.1) is 5.92 Å². The van der Waals surface area contributed by atoms with E-state index >= 15 is 0 Å². The molecule has 2 heteroatoms. The summed E-state index contributed by atoms with van der Waals surface area (Å²) in [6.07, 6.45) is 1.85. The van der Waals surface area contributed by atoms with Crippen molar-refractivity contribution in [1.29, 1.82) is 0 Å². The minimum atomic E-state index is -0.713. The van der Waals surface area contributed by atoms with Crippen LogP contribution in [0.4, 0.5) is 0 Å². The highest BCUT2D eigenvalue weighted by Crippen LogP contribution is 2.51. The number of hydrogen-bond acceptors (Lipinski definition) is 1. The largest absolute Gasteiger partial charge is 0.481 e. The first-order valence-corrected chi connectivity index (χ1v) is 7.08. The van der Waals surface area contributed by atoms with E-state index in [0.717, 1.165) is 18.4 Å². The smallest absolute Gasteiger partial charge is 0.310 e. The van der Waals surface area contributed by atoms with Gasteiger partial charge in [-0.1, -0.05) is 60.7 Å². The maximum Gasteiger partial charge on any atom is 0.310 e. The number of carboxylic acid groups (broad SMARTS) is 1. The van der Waals surface area contributed by atoms with E-state index in [0.29, 0.717) is 11.8 Å². The second-order valence-corrected chi connectivity index (χ2v) is 5.55. The van der Waals surface area contributed by atoms with Gasteiger partial charge in [0.1, 0.15) is 0 Å². The normalized spacial score (nSPS) is 22.2. The first kappa shape index (κ1) is 12.9. The molecule has 1 N–H and O–H groups in total. The molecule has 0 radical (unpaired) electrons. The summed E-state index contributed by atoms with van der Waals surface area (Å²) in [6.45, 7) is 0. The van der Waals surface area contributed by atoms with E-state index < -0.39 is 5.97 Å². The third-order valence-electron chi connectivity index (χ3n) is 4.19. The number of benzene rings is 2. The monoisotopic (exact) mass is 266 g/mol. The average Bonchev–Trinajstić information content (AvgIpc) is 3.26. The first-order chi connectivity index (χ1) is 9.75. The SMILES string of the molecule is O=C(O)C(CC1CC1c1ccccc1)c1ccccc1. The fourth-order valence-electron chi connectivity index (χ4n) is 2.98. The average molecular weight is 266 g/mol. The summed E-state index contributed by atoms with van der Waals surface area (Å²) in [5.41, 5.74) is 2.26. The van der Waals surface area contributed by atoms with Gasteiger partial charge in [-0.3, -0.25) is 4.79 Å². The first-order valence-electron chi connectivity index (χ1n) is 7.08. The van der Waals surface area contributed by atoms with Gasteiger partial charge < -0.3 is 5.11 Å². The summed E-state index contributed by atoms with van der Waals surface area (Å²) < 4.78 is 0. The van der Waals surface area contributed by atoms with E-state index in [-0.39, 0.29) is 5.92 Å². The summed E-state index contributed by atoms with van der Waals surface area (Å²) in [7, 11) is 0. The Morgan fingerprint density at radius 1 is 1.05 bits per heavy atom. The molecule has 0 bridgehead atoms. The molecule has 0 aromatic heterocycles. The fourth-order valence-corrected chi connectivity index (χ4v) is 2.98. The Balaban J connectivity index is 1.69. The molecule has 1 aliphatic rings.